The van der Waals surface area contributed by atoms with Gasteiger partial charge >= 0.3 is 0 Å². The van der Waals surface area contributed by atoms with Crippen LogP contribution in [-0.2, 0) is 14.8 Å². The van der Waals surface area contributed by atoms with Crippen LogP contribution in [-0.4, -0.2) is 70.1 Å². The number of thiazole rings is 1. The summed E-state index contributed by atoms with van der Waals surface area (Å²) in [6, 6.07) is 4.16. The Morgan fingerprint density at radius 3 is 2.76 bits per heavy atom. The molecule has 0 aliphatic carbocycles. The highest BCUT2D eigenvalue weighted by Gasteiger charge is 2.46. The third kappa shape index (κ3) is 3.31. The van der Waals surface area contributed by atoms with E-state index in [-0.39, 0.29) is 4.90 Å². The van der Waals surface area contributed by atoms with E-state index in [0.29, 0.717) is 36.7 Å². The second-order valence-corrected chi connectivity index (χ2v) is 9.98. The fourth-order valence-corrected chi connectivity index (χ4v) is 5.79. The molecule has 3 N–H and O–H groups in total. The van der Waals surface area contributed by atoms with Crippen LogP contribution < -0.4 is 20.1 Å². The van der Waals surface area contributed by atoms with Crippen molar-refractivity contribution in [1.29, 1.82) is 0 Å². The minimum atomic E-state index is -3.94. The van der Waals surface area contributed by atoms with E-state index in [1.54, 1.807) is 25.4 Å². The summed E-state index contributed by atoms with van der Waals surface area (Å²) in [5, 5.41) is 11.7. The molecule has 3 saturated heterocycles. The maximum Gasteiger partial charge on any atom is 0.240 e. The number of methoxy groups -OCH3 is 1. The van der Waals surface area contributed by atoms with Gasteiger partial charge in [-0.3, -0.25) is 0 Å². The molecule has 6 rings (SSSR count). The Kier molecular flexibility index (Phi) is 4.76. The Morgan fingerprint density at radius 2 is 2.14 bits per heavy atom. The van der Waals surface area contributed by atoms with Crippen LogP contribution in [0.25, 0.3) is 10.6 Å². The molecule has 9 nitrogen and oxygen atoms in total. The Labute approximate surface area is 173 Å². The van der Waals surface area contributed by atoms with Crippen LogP contribution >= 0.6 is 11.3 Å². The third-order valence-electron chi connectivity index (χ3n) is 5.64. The average molecular weight is 438 g/mol. The van der Waals surface area contributed by atoms with Gasteiger partial charge in [-0.15, -0.1) is 11.3 Å². The normalized spacial score (nSPS) is 26.1. The SMILES string of the molecule is COCCN1c2c(S(N)(=O)=O)ccc(-c3nccs3)c2OC1N1CC2CC(C1)N2. The third-order valence-corrected chi connectivity index (χ3v) is 7.39. The zero-order valence-corrected chi connectivity index (χ0v) is 17.6. The van der Waals surface area contributed by atoms with Crippen LogP contribution in [0.15, 0.2) is 28.6 Å². The quantitative estimate of drug-likeness (QED) is 0.677. The zero-order valence-electron chi connectivity index (χ0n) is 15.9. The summed E-state index contributed by atoms with van der Waals surface area (Å²) in [4.78, 5) is 8.66. The first kappa shape index (κ1) is 19.2. The average Bonchev–Trinajstić information content (AvgIpc) is 3.32. The molecule has 1 aromatic carbocycles. The van der Waals surface area contributed by atoms with Crippen molar-refractivity contribution < 1.29 is 17.9 Å². The van der Waals surface area contributed by atoms with Gasteiger partial charge in [-0.2, -0.15) is 0 Å². The molecule has 0 saturated carbocycles. The molecule has 0 radical (unpaired) electrons. The molecule has 0 amide bonds. The number of piperidine rings is 1. The molecule has 4 aliphatic rings. The van der Waals surface area contributed by atoms with Crippen molar-refractivity contribution in [3.63, 3.8) is 0 Å². The molecule has 4 aliphatic heterocycles. The van der Waals surface area contributed by atoms with E-state index < -0.39 is 16.4 Å². The highest BCUT2D eigenvalue weighted by atomic mass is 32.2. The minimum absolute atomic E-state index is 0.0618. The van der Waals surface area contributed by atoms with Crippen molar-refractivity contribution in [2.24, 2.45) is 5.14 Å². The number of rotatable bonds is 6. The second-order valence-electron chi connectivity index (χ2n) is 7.55. The van der Waals surface area contributed by atoms with E-state index >= 15 is 0 Å². The first-order chi connectivity index (χ1) is 14.0. The molecule has 3 fully saturated rings. The van der Waals surface area contributed by atoms with Gasteiger partial charge in [0.2, 0.25) is 16.4 Å². The molecule has 3 atom stereocenters. The molecule has 5 heterocycles. The lowest BCUT2D eigenvalue weighted by atomic mass is 9.91. The van der Waals surface area contributed by atoms with E-state index in [1.165, 1.54) is 17.8 Å². The van der Waals surface area contributed by atoms with Gasteiger partial charge in [0.25, 0.3) is 0 Å². The number of primary sulfonamides is 1. The van der Waals surface area contributed by atoms with Crippen molar-refractivity contribution in [3.05, 3.63) is 23.7 Å². The van der Waals surface area contributed by atoms with Crippen molar-refractivity contribution >= 4 is 27.0 Å². The number of hydrogen-bond donors (Lipinski definition) is 2. The predicted molar refractivity (Wildman–Crippen MR) is 109 cm³/mol. The molecule has 0 spiro atoms. The van der Waals surface area contributed by atoms with E-state index in [4.69, 9.17) is 14.6 Å². The number of ether oxygens (including phenoxy) is 2. The van der Waals surface area contributed by atoms with E-state index in [0.717, 1.165) is 23.7 Å². The van der Waals surface area contributed by atoms with Gasteiger partial charge in [0.15, 0.2) is 5.75 Å². The number of piperazine rings is 1. The van der Waals surface area contributed by atoms with Crippen molar-refractivity contribution in [2.75, 3.05) is 38.3 Å². The number of benzene rings is 1. The number of nitrogens with two attached hydrogens (primary N) is 1. The largest absolute Gasteiger partial charge is 0.454 e. The van der Waals surface area contributed by atoms with Gasteiger partial charge in [0, 0.05) is 50.4 Å². The predicted octanol–water partition coefficient (Wildman–Crippen LogP) is 0.632. The maximum atomic E-state index is 12.4. The number of anilines is 1. The number of nitrogens with zero attached hydrogens (tertiary/aromatic N) is 3. The smallest absolute Gasteiger partial charge is 0.240 e. The highest BCUT2D eigenvalue weighted by Crippen LogP contribution is 2.49. The van der Waals surface area contributed by atoms with Gasteiger partial charge in [-0.1, -0.05) is 0 Å². The lowest BCUT2D eigenvalue weighted by molar-refractivity contribution is -0.0303. The van der Waals surface area contributed by atoms with Gasteiger partial charge in [-0.05, 0) is 18.6 Å². The Hall–Kier alpha value is -1.76. The summed E-state index contributed by atoms with van der Waals surface area (Å²) in [5.74, 6) is 0.514. The molecular formula is C18H23N5O4S2. The Bertz CT molecular complexity index is 998. The molecule has 2 aromatic rings. The van der Waals surface area contributed by atoms with Crippen LogP contribution in [0.1, 0.15) is 6.42 Å². The van der Waals surface area contributed by atoms with Crippen LogP contribution in [0, 0.1) is 0 Å². The first-order valence-electron chi connectivity index (χ1n) is 9.47. The number of sulfonamides is 1. The van der Waals surface area contributed by atoms with E-state index in [2.05, 4.69) is 15.2 Å². The minimum Gasteiger partial charge on any atom is -0.454 e. The fourth-order valence-electron chi connectivity index (χ4n) is 4.39. The van der Waals surface area contributed by atoms with Gasteiger partial charge in [0.05, 0.1) is 12.2 Å². The summed E-state index contributed by atoms with van der Waals surface area (Å²) in [5.41, 5.74) is 1.27. The lowest BCUT2D eigenvalue weighted by Crippen LogP contribution is -2.70. The molecule has 156 valence electrons. The van der Waals surface area contributed by atoms with Crippen LogP contribution in [0.4, 0.5) is 5.69 Å². The summed E-state index contributed by atoms with van der Waals surface area (Å²) in [6.07, 6.45) is 2.48. The van der Waals surface area contributed by atoms with Crippen LogP contribution in [0.5, 0.6) is 5.75 Å². The van der Waals surface area contributed by atoms with Crippen molar-refractivity contribution in [2.45, 2.75) is 29.8 Å². The summed E-state index contributed by atoms with van der Waals surface area (Å²) in [7, 11) is -2.31. The Balaban J connectivity index is 1.62. The number of hydrogen-bond acceptors (Lipinski definition) is 9. The van der Waals surface area contributed by atoms with Gasteiger partial charge < -0.3 is 19.7 Å². The maximum absolute atomic E-state index is 12.4. The zero-order chi connectivity index (χ0) is 20.2. The second kappa shape index (κ2) is 7.18. The standard InChI is InChI=1S/C18H23N5O4S2/c1-26-6-5-23-15-14(29(19,24)25)3-2-13(17-20-4-7-28-17)16(15)27-18(23)22-9-11-8-12(10-22)21-11/h2-4,7,11-12,18,21H,5-6,8-10H2,1H3,(H2,19,24,25). The lowest BCUT2D eigenvalue weighted by Gasteiger charge is -2.50. The van der Waals surface area contributed by atoms with E-state index in [9.17, 15) is 8.42 Å². The molecule has 2 bridgehead atoms. The molecule has 29 heavy (non-hydrogen) atoms. The Morgan fingerprint density at radius 1 is 1.38 bits per heavy atom. The highest BCUT2D eigenvalue weighted by molar-refractivity contribution is 7.89. The molecular weight excluding hydrogens is 414 g/mol. The number of aromatic nitrogens is 1. The van der Waals surface area contributed by atoms with E-state index in [1.807, 2.05) is 10.3 Å². The van der Waals surface area contributed by atoms with Crippen LogP contribution in [0.2, 0.25) is 0 Å². The molecule has 11 heteroatoms. The van der Waals surface area contributed by atoms with Crippen molar-refractivity contribution in [3.8, 4) is 16.3 Å². The van der Waals surface area contributed by atoms with Gasteiger partial charge in [0.1, 0.15) is 15.6 Å². The summed E-state index contributed by atoms with van der Waals surface area (Å²) in [6.45, 7) is 2.60. The first-order valence-corrected chi connectivity index (χ1v) is 11.9. The van der Waals surface area contributed by atoms with Gasteiger partial charge in [-0.25, -0.2) is 23.4 Å². The monoisotopic (exact) mass is 437 g/mol. The van der Waals surface area contributed by atoms with Crippen molar-refractivity contribution in [1.82, 2.24) is 15.2 Å². The summed E-state index contributed by atoms with van der Waals surface area (Å²) >= 11 is 1.48. The topological polar surface area (TPSA) is 110 Å². The fraction of sp³-hybridized carbons (Fsp3) is 0.500. The number of nitrogens with one attached hydrogen (secondary N) is 1. The summed E-state index contributed by atoms with van der Waals surface area (Å²) < 4.78 is 36.5. The van der Waals surface area contributed by atoms with Crippen LogP contribution in [0.3, 0.4) is 0 Å². The number of fused-ring (bicyclic) bond motifs is 3. The molecule has 1 aromatic heterocycles. The molecule has 3 unspecified atom stereocenters.